The van der Waals surface area contributed by atoms with E-state index in [-0.39, 0.29) is 29.6 Å². The van der Waals surface area contributed by atoms with Crippen LogP contribution in [0.1, 0.15) is 16.9 Å². The lowest BCUT2D eigenvalue weighted by molar-refractivity contribution is -0.121. The largest absolute Gasteiger partial charge is 0.383 e. The molecule has 0 bridgehead atoms. The van der Waals surface area contributed by atoms with Crippen molar-refractivity contribution in [3.8, 4) is 0 Å². The molecule has 0 unspecified atom stereocenters. The predicted octanol–water partition coefficient (Wildman–Crippen LogP) is -0.0969. The molecular weight excluding hydrogens is 298 g/mol. The summed E-state index contributed by atoms with van der Waals surface area (Å²) >= 11 is 5.89. The van der Waals surface area contributed by atoms with Gasteiger partial charge < -0.3 is 20.8 Å². The summed E-state index contributed by atoms with van der Waals surface area (Å²) in [6.07, 6.45) is 0.155. The second kappa shape index (κ2) is 9.11. The molecule has 0 aliphatic rings. The van der Waals surface area contributed by atoms with Crippen LogP contribution in [0, 0.1) is 0 Å². The Morgan fingerprint density at radius 3 is 2.76 bits per heavy atom. The fraction of sp³-hybridized carbons (Fsp3) is 0.417. The third-order valence-electron chi connectivity index (χ3n) is 2.47. The number of amides is 2. The number of carbonyl (C=O) groups excluding carboxylic acids is 2. The number of halogens is 1. The first-order chi connectivity index (χ1) is 10.1. The van der Waals surface area contributed by atoms with E-state index in [0.29, 0.717) is 19.0 Å². The highest BCUT2D eigenvalue weighted by Crippen LogP contribution is 2.15. The average molecular weight is 316 g/mol. The van der Waals surface area contributed by atoms with Gasteiger partial charge in [-0.1, -0.05) is 11.6 Å². The van der Waals surface area contributed by atoms with E-state index in [9.17, 15) is 9.59 Å². The number of anilines is 1. The van der Waals surface area contributed by atoms with E-state index in [1.54, 1.807) is 13.2 Å². The summed E-state index contributed by atoms with van der Waals surface area (Å²) < 4.78 is 4.80. The van der Waals surface area contributed by atoms with E-state index >= 15 is 0 Å². The number of nitrogens with zero attached hydrogens (tertiary/aromatic N) is 1. The Morgan fingerprint density at radius 1 is 1.33 bits per heavy atom. The lowest BCUT2D eigenvalue weighted by atomic mass is 10.3. The van der Waals surface area contributed by atoms with Gasteiger partial charge in [0.15, 0.2) is 0 Å². The number of carbonyl (C=O) groups is 2. The molecule has 116 valence electrons. The highest BCUT2D eigenvalue weighted by Gasteiger charge is 2.13. The minimum absolute atomic E-state index is 0.0481. The van der Waals surface area contributed by atoms with Crippen molar-refractivity contribution in [3.63, 3.8) is 0 Å². The normalized spacial score (nSPS) is 10.0. The van der Waals surface area contributed by atoms with Gasteiger partial charge in [-0.2, -0.15) is 0 Å². The maximum atomic E-state index is 11.9. The molecule has 0 radical (unpaired) electrons. The number of hydrazine groups is 1. The molecule has 0 aromatic carbocycles. The number of aromatic nitrogens is 1. The number of hydrogen-bond acceptors (Lipinski definition) is 6. The Morgan fingerprint density at radius 2 is 2.10 bits per heavy atom. The van der Waals surface area contributed by atoms with E-state index in [2.05, 4.69) is 21.0 Å². The smallest absolute Gasteiger partial charge is 0.271 e. The number of nitrogens with one attached hydrogen (secondary N) is 3. The topological polar surface area (TPSA) is 118 Å². The van der Waals surface area contributed by atoms with Crippen molar-refractivity contribution >= 4 is 29.2 Å². The molecule has 0 atom stereocenters. The van der Waals surface area contributed by atoms with E-state index in [1.807, 2.05) is 0 Å². The highest BCUT2D eigenvalue weighted by molar-refractivity contribution is 6.33. The minimum atomic E-state index is -0.471. The van der Waals surface area contributed by atoms with Crippen LogP contribution in [-0.2, 0) is 9.53 Å². The lowest BCUT2D eigenvalue weighted by Crippen LogP contribution is -2.32. The van der Waals surface area contributed by atoms with Gasteiger partial charge in [0.05, 0.1) is 11.6 Å². The molecular formula is C12H18ClN5O3. The van der Waals surface area contributed by atoms with Crippen LogP contribution in [0.4, 0.5) is 5.82 Å². The summed E-state index contributed by atoms with van der Waals surface area (Å²) in [4.78, 5) is 27.3. The number of rotatable bonds is 8. The number of pyridine rings is 1. The van der Waals surface area contributed by atoms with Crippen LogP contribution in [-0.4, -0.2) is 43.6 Å². The summed E-state index contributed by atoms with van der Waals surface area (Å²) in [5.41, 5.74) is 2.37. The first kappa shape index (κ1) is 17.2. The van der Waals surface area contributed by atoms with Crippen molar-refractivity contribution in [2.24, 2.45) is 5.84 Å². The van der Waals surface area contributed by atoms with Crippen molar-refractivity contribution in [2.45, 2.75) is 6.42 Å². The predicted molar refractivity (Wildman–Crippen MR) is 78.9 cm³/mol. The molecule has 0 fully saturated rings. The molecule has 1 rings (SSSR count). The van der Waals surface area contributed by atoms with Crippen LogP contribution >= 0.6 is 11.6 Å². The minimum Gasteiger partial charge on any atom is -0.383 e. The fourth-order valence-electron chi connectivity index (χ4n) is 1.44. The third kappa shape index (κ3) is 5.94. The number of nitrogens with two attached hydrogens (primary N) is 1. The van der Waals surface area contributed by atoms with Gasteiger partial charge in [-0.15, -0.1) is 0 Å². The van der Waals surface area contributed by atoms with Crippen molar-refractivity contribution in [2.75, 3.05) is 32.2 Å². The Kier molecular flexibility index (Phi) is 7.44. The lowest BCUT2D eigenvalue weighted by Gasteiger charge is -2.08. The van der Waals surface area contributed by atoms with Crippen LogP contribution in [0.15, 0.2) is 12.1 Å². The van der Waals surface area contributed by atoms with Crippen LogP contribution in [0.5, 0.6) is 0 Å². The molecule has 1 aromatic rings. The zero-order chi connectivity index (χ0) is 15.7. The van der Waals surface area contributed by atoms with Gasteiger partial charge in [0.1, 0.15) is 11.5 Å². The first-order valence-corrected chi connectivity index (χ1v) is 6.63. The van der Waals surface area contributed by atoms with Crippen molar-refractivity contribution < 1.29 is 14.3 Å². The molecule has 0 saturated carbocycles. The summed E-state index contributed by atoms with van der Waals surface area (Å²) in [6, 6.07) is 3.05. The van der Waals surface area contributed by atoms with Crippen molar-refractivity contribution in [1.29, 1.82) is 0 Å². The van der Waals surface area contributed by atoms with Gasteiger partial charge in [0.25, 0.3) is 5.91 Å². The molecule has 2 amide bonds. The summed E-state index contributed by atoms with van der Waals surface area (Å²) in [6.45, 7) is 1.05. The SMILES string of the molecule is COCCNC(=O)CCNC(=O)c1nc(NN)ccc1Cl. The molecule has 5 N–H and O–H groups in total. The van der Waals surface area contributed by atoms with Gasteiger partial charge in [-0.3, -0.25) is 9.59 Å². The summed E-state index contributed by atoms with van der Waals surface area (Å²) in [5, 5.41) is 5.41. The number of methoxy groups -OCH3 is 1. The van der Waals surface area contributed by atoms with Crippen molar-refractivity contribution in [3.05, 3.63) is 22.8 Å². The second-order valence-electron chi connectivity index (χ2n) is 4.02. The van der Waals surface area contributed by atoms with Gasteiger partial charge in [0, 0.05) is 26.6 Å². The maximum absolute atomic E-state index is 11.9. The molecule has 9 heteroatoms. The van der Waals surface area contributed by atoms with E-state index < -0.39 is 5.91 Å². The van der Waals surface area contributed by atoms with Crippen LogP contribution in [0.3, 0.4) is 0 Å². The third-order valence-corrected chi connectivity index (χ3v) is 2.78. The van der Waals surface area contributed by atoms with E-state index in [0.717, 1.165) is 0 Å². The Balaban J connectivity index is 2.42. The van der Waals surface area contributed by atoms with E-state index in [4.69, 9.17) is 22.2 Å². The molecule has 0 spiro atoms. The van der Waals surface area contributed by atoms with Crippen LogP contribution < -0.4 is 21.9 Å². The zero-order valence-electron chi connectivity index (χ0n) is 11.6. The molecule has 0 saturated heterocycles. The maximum Gasteiger partial charge on any atom is 0.271 e. The highest BCUT2D eigenvalue weighted by atomic mass is 35.5. The molecule has 0 aliphatic carbocycles. The molecule has 8 nitrogen and oxygen atoms in total. The zero-order valence-corrected chi connectivity index (χ0v) is 12.4. The number of hydrogen-bond donors (Lipinski definition) is 4. The molecule has 1 aromatic heterocycles. The monoisotopic (exact) mass is 315 g/mol. The quantitative estimate of drug-likeness (QED) is 0.302. The molecule has 21 heavy (non-hydrogen) atoms. The standard InChI is InChI=1S/C12H18ClN5O3/c1-21-7-6-15-10(19)4-5-16-12(20)11-8(13)2-3-9(17-11)18-14/h2-3H,4-7,14H2,1H3,(H,15,19)(H,16,20)(H,17,18). The molecule has 0 aliphatic heterocycles. The van der Waals surface area contributed by atoms with Crippen molar-refractivity contribution in [1.82, 2.24) is 15.6 Å². The Labute approximate surface area is 127 Å². The van der Waals surface area contributed by atoms with Crippen LogP contribution in [0.25, 0.3) is 0 Å². The number of ether oxygens (including phenoxy) is 1. The fourth-order valence-corrected chi connectivity index (χ4v) is 1.63. The Bertz CT molecular complexity index is 498. The van der Waals surface area contributed by atoms with Gasteiger partial charge in [0.2, 0.25) is 5.91 Å². The van der Waals surface area contributed by atoms with E-state index in [1.165, 1.54) is 6.07 Å². The second-order valence-corrected chi connectivity index (χ2v) is 4.43. The van der Waals surface area contributed by atoms with Crippen LogP contribution in [0.2, 0.25) is 5.02 Å². The van der Waals surface area contributed by atoms with Gasteiger partial charge in [-0.05, 0) is 12.1 Å². The van der Waals surface area contributed by atoms with Gasteiger partial charge in [-0.25, -0.2) is 10.8 Å². The average Bonchev–Trinajstić information content (AvgIpc) is 2.48. The summed E-state index contributed by atoms with van der Waals surface area (Å²) in [7, 11) is 1.55. The van der Waals surface area contributed by atoms with Gasteiger partial charge >= 0.3 is 0 Å². The number of nitrogen functional groups attached to an aromatic ring is 1. The Hall–Kier alpha value is -1.90. The first-order valence-electron chi connectivity index (χ1n) is 6.25. The summed E-state index contributed by atoms with van der Waals surface area (Å²) in [5.74, 6) is 4.89. The molecule has 1 heterocycles.